The number of carboxylic acids is 1. The number of hydrogen-bond donors (Lipinski definition) is 1. The van der Waals surface area contributed by atoms with Crippen molar-refractivity contribution >= 4 is 29.2 Å². The third-order valence-electron chi connectivity index (χ3n) is 3.25. The van der Waals surface area contributed by atoms with Crippen LogP contribution in [0.25, 0.3) is 0 Å². The maximum atomic E-state index is 11.5. The Balaban J connectivity index is 2.31. The standard InChI is InChI=1S/C13H15Cl2NO2/c14-9-4-5-10(11(15)8-9)12(13(17)18)16-6-2-1-3-7-16/h4-5,8,12H,1-3,6-7H2,(H,17,18)/t12-/m1/s1. The van der Waals surface area contributed by atoms with E-state index in [9.17, 15) is 9.90 Å². The van der Waals surface area contributed by atoms with Crippen LogP contribution < -0.4 is 0 Å². The Morgan fingerprint density at radius 2 is 1.89 bits per heavy atom. The van der Waals surface area contributed by atoms with Crippen LogP contribution >= 0.6 is 23.2 Å². The molecule has 2 rings (SSSR count). The van der Waals surface area contributed by atoms with Crippen LogP contribution in [0.3, 0.4) is 0 Å². The van der Waals surface area contributed by atoms with E-state index in [0.29, 0.717) is 15.6 Å². The van der Waals surface area contributed by atoms with Crippen LogP contribution in [0.4, 0.5) is 0 Å². The maximum Gasteiger partial charge on any atom is 0.325 e. The van der Waals surface area contributed by atoms with Crippen molar-refractivity contribution in [3.8, 4) is 0 Å². The van der Waals surface area contributed by atoms with E-state index in [1.807, 2.05) is 4.90 Å². The second-order valence-electron chi connectivity index (χ2n) is 4.50. The lowest BCUT2D eigenvalue weighted by molar-refractivity contribution is -0.144. The molecule has 1 saturated heterocycles. The van der Waals surface area contributed by atoms with Crippen molar-refractivity contribution in [2.45, 2.75) is 25.3 Å². The van der Waals surface area contributed by atoms with Crippen molar-refractivity contribution < 1.29 is 9.90 Å². The van der Waals surface area contributed by atoms with E-state index in [-0.39, 0.29) is 0 Å². The van der Waals surface area contributed by atoms with Crippen molar-refractivity contribution in [3.63, 3.8) is 0 Å². The minimum Gasteiger partial charge on any atom is -0.480 e. The van der Waals surface area contributed by atoms with E-state index >= 15 is 0 Å². The molecule has 3 nitrogen and oxygen atoms in total. The van der Waals surface area contributed by atoms with Crippen LogP contribution in [-0.4, -0.2) is 29.1 Å². The van der Waals surface area contributed by atoms with E-state index in [1.54, 1.807) is 18.2 Å². The highest BCUT2D eigenvalue weighted by Crippen LogP contribution is 2.31. The average molecular weight is 288 g/mol. The zero-order valence-corrected chi connectivity index (χ0v) is 11.4. The first-order chi connectivity index (χ1) is 8.59. The highest BCUT2D eigenvalue weighted by molar-refractivity contribution is 6.35. The normalized spacial score (nSPS) is 18.6. The smallest absolute Gasteiger partial charge is 0.325 e. The molecule has 0 aliphatic carbocycles. The summed E-state index contributed by atoms with van der Waals surface area (Å²) in [6.07, 6.45) is 3.24. The molecule has 1 aromatic carbocycles. The first-order valence-corrected chi connectivity index (χ1v) is 6.77. The fraction of sp³-hybridized carbons (Fsp3) is 0.462. The Hall–Kier alpha value is -0.770. The zero-order valence-electron chi connectivity index (χ0n) is 9.90. The van der Waals surface area contributed by atoms with Gasteiger partial charge in [0.25, 0.3) is 0 Å². The molecular formula is C13H15Cl2NO2. The summed E-state index contributed by atoms with van der Waals surface area (Å²) >= 11 is 12.0. The number of nitrogens with zero attached hydrogens (tertiary/aromatic N) is 1. The summed E-state index contributed by atoms with van der Waals surface area (Å²) < 4.78 is 0. The quantitative estimate of drug-likeness (QED) is 0.923. The first kappa shape index (κ1) is 13.7. The lowest BCUT2D eigenvalue weighted by Gasteiger charge is -2.32. The van der Waals surface area contributed by atoms with Crippen LogP contribution in [0.15, 0.2) is 18.2 Å². The molecule has 0 amide bonds. The third-order valence-corrected chi connectivity index (χ3v) is 3.81. The topological polar surface area (TPSA) is 40.5 Å². The summed E-state index contributed by atoms with van der Waals surface area (Å²) in [4.78, 5) is 13.5. The highest BCUT2D eigenvalue weighted by Gasteiger charge is 2.30. The fourth-order valence-corrected chi connectivity index (χ4v) is 2.90. The number of benzene rings is 1. The number of halogens is 2. The van der Waals surface area contributed by atoms with Gasteiger partial charge >= 0.3 is 5.97 Å². The van der Waals surface area contributed by atoms with E-state index in [1.165, 1.54) is 0 Å². The average Bonchev–Trinajstić information content (AvgIpc) is 2.33. The van der Waals surface area contributed by atoms with Gasteiger partial charge in [-0.3, -0.25) is 9.69 Å². The van der Waals surface area contributed by atoms with Crippen LogP contribution in [-0.2, 0) is 4.79 Å². The van der Waals surface area contributed by atoms with Crippen molar-refractivity contribution in [1.82, 2.24) is 4.90 Å². The lowest BCUT2D eigenvalue weighted by Crippen LogP contribution is -2.38. The Morgan fingerprint density at radius 1 is 1.22 bits per heavy atom. The van der Waals surface area contributed by atoms with Gasteiger partial charge in [-0.05, 0) is 43.6 Å². The van der Waals surface area contributed by atoms with E-state index in [4.69, 9.17) is 23.2 Å². The molecule has 5 heteroatoms. The number of likely N-dealkylation sites (tertiary alicyclic amines) is 1. The Kier molecular flexibility index (Phi) is 4.49. The molecule has 0 unspecified atom stereocenters. The van der Waals surface area contributed by atoms with Crippen molar-refractivity contribution in [2.24, 2.45) is 0 Å². The second-order valence-corrected chi connectivity index (χ2v) is 5.35. The van der Waals surface area contributed by atoms with Gasteiger partial charge in [-0.15, -0.1) is 0 Å². The summed E-state index contributed by atoms with van der Waals surface area (Å²) in [7, 11) is 0. The van der Waals surface area contributed by atoms with Crippen LogP contribution in [0.5, 0.6) is 0 Å². The molecule has 1 aliphatic rings. The Morgan fingerprint density at radius 3 is 2.44 bits per heavy atom. The van der Waals surface area contributed by atoms with Gasteiger partial charge in [0, 0.05) is 10.0 Å². The monoisotopic (exact) mass is 287 g/mol. The first-order valence-electron chi connectivity index (χ1n) is 6.01. The van der Waals surface area contributed by atoms with Crippen LogP contribution in [0, 0.1) is 0 Å². The third kappa shape index (κ3) is 2.97. The number of carboxylic acid groups (broad SMARTS) is 1. The molecule has 1 atom stereocenters. The molecular weight excluding hydrogens is 273 g/mol. The SMILES string of the molecule is O=C(O)[C@@H](c1ccc(Cl)cc1Cl)N1CCCCC1. The highest BCUT2D eigenvalue weighted by atomic mass is 35.5. The molecule has 18 heavy (non-hydrogen) atoms. The molecule has 0 bridgehead atoms. The molecule has 1 fully saturated rings. The van der Waals surface area contributed by atoms with Gasteiger partial charge in [0.15, 0.2) is 0 Å². The van der Waals surface area contributed by atoms with Gasteiger partial charge in [-0.1, -0.05) is 35.7 Å². The molecule has 1 heterocycles. The van der Waals surface area contributed by atoms with E-state index in [2.05, 4.69) is 0 Å². The van der Waals surface area contributed by atoms with Crippen molar-refractivity contribution in [2.75, 3.05) is 13.1 Å². The van der Waals surface area contributed by atoms with E-state index < -0.39 is 12.0 Å². The van der Waals surface area contributed by atoms with Gasteiger partial charge in [0.2, 0.25) is 0 Å². The van der Waals surface area contributed by atoms with Gasteiger partial charge in [-0.25, -0.2) is 0 Å². The summed E-state index contributed by atoms with van der Waals surface area (Å²) in [5.41, 5.74) is 0.621. The molecule has 1 aliphatic heterocycles. The fourth-order valence-electron chi connectivity index (χ4n) is 2.39. The van der Waals surface area contributed by atoms with Crippen molar-refractivity contribution in [1.29, 1.82) is 0 Å². The number of piperidine rings is 1. The predicted molar refractivity (Wildman–Crippen MR) is 72.3 cm³/mol. The minimum atomic E-state index is -0.860. The van der Waals surface area contributed by atoms with Gasteiger partial charge in [0.05, 0.1) is 0 Å². The number of carbonyl (C=O) groups is 1. The second kappa shape index (κ2) is 5.91. The van der Waals surface area contributed by atoms with Crippen molar-refractivity contribution in [3.05, 3.63) is 33.8 Å². The van der Waals surface area contributed by atoms with Gasteiger partial charge in [-0.2, -0.15) is 0 Å². The number of hydrogen-bond acceptors (Lipinski definition) is 2. The molecule has 1 N–H and O–H groups in total. The molecule has 0 saturated carbocycles. The largest absolute Gasteiger partial charge is 0.480 e. The van der Waals surface area contributed by atoms with Gasteiger partial charge < -0.3 is 5.11 Å². The molecule has 0 radical (unpaired) electrons. The van der Waals surface area contributed by atoms with E-state index in [0.717, 1.165) is 32.4 Å². The molecule has 0 aromatic heterocycles. The zero-order chi connectivity index (χ0) is 13.1. The van der Waals surface area contributed by atoms with Crippen LogP contribution in [0.2, 0.25) is 10.0 Å². The minimum absolute atomic E-state index is 0.417. The molecule has 1 aromatic rings. The lowest BCUT2D eigenvalue weighted by atomic mass is 10.0. The summed E-state index contributed by atoms with van der Waals surface area (Å²) in [6, 6.07) is 4.31. The summed E-state index contributed by atoms with van der Waals surface area (Å²) in [5, 5.41) is 10.4. The number of aliphatic carboxylic acids is 1. The Bertz CT molecular complexity index is 445. The maximum absolute atomic E-state index is 11.5. The summed E-state index contributed by atoms with van der Waals surface area (Å²) in [6.45, 7) is 1.60. The van der Waals surface area contributed by atoms with Gasteiger partial charge in [0.1, 0.15) is 6.04 Å². The summed E-state index contributed by atoms with van der Waals surface area (Å²) in [5.74, 6) is -0.860. The molecule has 0 spiro atoms. The predicted octanol–water partition coefficient (Wildman–Crippen LogP) is 3.61. The number of rotatable bonds is 3. The van der Waals surface area contributed by atoms with Crippen LogP contribution in [0.1, 0.15) is 30.9 Å². The molecule has 98 valence electrons. The Labute approximate surface area is 116 Å².